The summed E-state index contributed by atoms with van der Waals surface area (Å²) in [5, 5.41) is 3.04. The minimum Gasteiger partial charge on any atom is -0.467 e. The smallest absolute Gasteiger partial charge is 0.223 e. The fraction of sp³-hybridized carbons (Fsp3) is 0.643. The molecule has 1 aliphatic rings. The van der Waals surface area contributed by atoms with E-state index in [-0.39, 0.29) is 17.9 Å². The molecule has 0 aromatic carbocycles. The highest BCUT2D eigenvalue weighted by atomic mass is 16.3. The lowest BCUT2D eigenvalue weighted by Crippen LogP contribution is -2.34. The van der Waals surface area contributed by atoms with E-state index in [1.807, 2.05) is 19.1 Å². The fourth-order valence-electron chi connectivity index (χ4n) is 2.61. The fourth-order valence-corrected chi connectivity index (χ4v) is 2.61. The Balaban J connectivity index is 1.88. The van der Waals surface area contributed by atoms with Crippen LogP contribution in [0.15, 0.2) is 22.8 Å². The number of hydrogen-bond donors (Lipinski definition) is 1. The molecule has 2 rings (SSSR count). The molecule has 1 fully saturated rings. The second-order valence-corrected chi connectivity index (χ2v) is 5.21. The van der Waals surface area contributed by atoms with Crippen LogP contribution in [0, 0.1) is 11.8 Å². The summed E-state index contributed by atoms with van der Waals surface area (Å²) in [6.45, 7) is 4.19. The van der Waals surface area contributed by atoms with Gasteiger partial charge in [-0.05, 0) is 37.8 Å². The third-order valence-corrected chi connectivity index (χ3v) is 3.64. The van der Waals surface area contributed by atoms with Crippen LogP contribution < -0.4 is 5.32 Å². The van der Waals surface area contributed by atoms with Crippen molar-refractivity contribution in [3.8, 4) is 0 Å². The van der Waals surface area contributed by atoms with E-state index < -0.39 is 0 Å². The van der Waals surface area contributed by atoms with Gasteiger partial charge in [0.2, 0.25) is 5.91 Å². The van der Waals surface area contributed by atoms with Crippen LogP contribution in [0.3, 0.4) is 0 Å². The number of amides is 1. The molecule has 1 aliphatic carbocycles. The van der Waals surface area contributed by atoms with Crippen molar-refractivity contribution in [1.29, 1.82) is 0 Å². The van der Waals surface area contributed by atoms with Crippen LogP contribution in [0.4, 0.5) is 0 Å². The first-order valence-corrected chi connectivity index (χ1v) is 6.50. The second kappa shape index (κ2) is 5.39. The summed E-state index contributed by atoms with van der Waals surface area (Å²) >= 11 is 0. The van der Waals surface area contributed by atoms with Crippen LogP contribution in [-0.2, 0) is 4.79 Å². The maximum absolute atomic E-state index is 12.1. The Bertz CT molecular complexity index is 358. The molecular formula is C14H21NO2. The largest absolute Gasteiger partial charge is 0.467 e. The van der Waals surface area contributed by atoms with Gasteiger partial charge in [-0.25, -0.2) is 0 Å². The highest BCUT2D eigenvalue weighted by Gasteiger charge is 2.26. The molecule has 0 bridgehead atoms. The first kappa shape index (κ1) is 12.2. The predicted octanol–water partition coefficient (Wildman–Crippen LogP) is 3.28. The molecule has 1 N–H and O–H groups in total. The minimum atomic E-state index is -0.0327. The van der Waals surface area contributed by atoms with Gasteiger partial charge in [-0.1, -0.05) is 19.8 Å². The standard InChI is InChI=1S/C14H21NO2/c1-10-5-3-6-12(9-10)14(16)15-11(2)13-7-4-8-17-13/h4,7-8,10-12H,3,5-6,9H2,1-2H3,(H,15,16)/t10-,11?,12+/m1/s1. The summed E-state index contributed by atoms with van der Waals surface area (Å²) in [7, 11) is 0. The van der Waals surface area contributed by atoms with Crippen LogP contribution in [0.25, 0.3) is 0 Å². The Morgan fingerprint density at radius 3 is 3.00 bits per heavy atom. The van der Waals surface area contributed by atoms with E-state index >= 15 is 0 Å². The average Bonchev–Trinajstić information content (AvgIpc) is 2.82. The maximum atomic E-state index is 12.1. The molecule has 3 heteroatoms. The van der Waals surface area contributed by atoms with Crippen molar-refractivity contribution in [3.05, 3.63) is 24.2 Å². The van der Waals surface area contributed by atoms with Gasteiger partial charge < -0.3 is 9.73 Å². The van der Waals surface area contributed by atoms with E-state index in [0.29, 0.717) is 5.92 Å². The van der Waals surface area contributed by atoms with Gasteiger partial charge in [0.1, 0.15) is 5.76 Å². The molecule has 0 radical (unpaired) electrons. The minimum absolute atomic E-state index is 0.0327. The quantitative estimate of drug-likeness (QED) is 0.873. The number of carbonyl (C=O) groups is 1. The average molecular weight is 235 g/mol. The lowest BCUT2D eigenvalue weighted by molar-refractivity contribution is -0.127. The Morgan fingerprint density at radius 2 is 2.35 bits per heavy atom. The summed E-state index contributed by atoms with van der Waals surface area (Å²) in [6, 6.07) is 3.71. The number of nitrogens with one attached hydrogen (secondary N) is 1. The summed E-state index contributed by atoms with van der Waals surface area (Å²) in [5.41, 5.74) is 0. The van der Waals surface area contributed by atoms with E-state index in [1.54, 1.807) is 6.26 Å². The SMILES string of the molecule is CC(NC(=O)[C@H]1CCC[C@@H](C)C1)c1ccco1. The van der Waals surface area contributed by atoms with E-state index in [2.05, 4.69) is 12.2 Å². The first-order chi connectivity index (χ1) is 8.16. The van der Waals surface area contributed by atoms with Crippen LogP contribution in [-0.4, -0.2) is 5.91 Å². The zero-order valence-corrected chi connectivity index (χ0v) is 10.6. The van der Waals surface area contributed by atoms with Crippen molar-refractivity contribution < 1.29 is 9.21 Å². The molecule has 0 saturated heterocycles. The molecule has 94 valence electrons. The van der Waals surface area contributed by atoms with Crippen molar-refractivity contribution in [2.45, 2.75) is 45.6 Å². The monoisotopic (exact) mass is 235 g/mol. The van der Waals surface area contributed by atoms with Crippen LogP contribution in [0.2, 0.25) is 0 Å². The van der Waals surface area contributed by atoms with Crippen molar-refractivity contribution in [2.24, 2.45) is 11.8 Å². The van der Waals surface area contributed by atoms with Gasteiger partial charge in [0.05, 0.1) is 12.3 Å². The van der Waals surface area contributed by atoms with Crippen LogP contribution in [0.1, 0.15) is 51.3 Å². The number of hydrogen-bond acceptors (Lipinski definition) is 2. The lowest BCUT2D eigenvalue weighted by atomic mass is 9.82. The second-order valence-electron chi connectivity index (χ2n) is 5.21. The highest BCUT2D eigenvalue weighted by Crippen LogP contribution is 2.29. The van der Waals surface area contributed by atoms with Crippen LogP contribution in [0.5, 0.6) is 0 Å². The van der Waals surface area contributed by atoms with Gasteiger partial charge in [-0.2, -0.15) is 0 Å². The molecule has 1 heterocycles. The third-order valence-electron chi connectivity index (χ3n) is 3.64. The molecular weight excluding hydrogens is 214 g/mol. The number of furan rings is 1. The van der Waals surface area contributed by atoms with Gasteiger partial charge in [0, 0.05) is 5.92 Å². The topological polar surface area (TPSA) is 42.2 Å². The zero-order chi connectivity index (χ0) is 12.3. The number of rotatable bonds is 3. The highest BCUT2D eigenvalue weighted by molar-refractivity contribution is 5.79. The molecule has 17 heavy (non-hydrogen) atoms. The summed E-state index contributed by atoms with van der Waals surface area (Å²) in [4.78, 5) is 12.1. The molecule has 0 spiro atoms. The Kier molecular flexibility index (Phi) is 3.87. The third kappa shape index (κ3) is 3.11. The number of carbonyl (C=O) groups excluding carboxylic acids is 1. The molecule has 1 amide bonds. The lowest BCUT2D eigenvalue weighted by Gasteiger charge is -2.26. The summed E-state index contributed by atoms with van der Waals surface area (Å²) in [5.74, 6) is 1.87. The first-order valence-electron chi connectivity index (χ1n) is 6.50. The van der Waals surface area contributed by atoms with Gasteiger partial charge in [0.25, 0.3) is 0 Å². The molecule has 1 aromatic rings. The van der Waals surface area contributed by atoms with E-state index in [1.165, 1.54) is 12.8 Å². The molecule has 0 aliphatic heterocycles. The van der Waals surface area contributed by atoms with Gasteiger partial charge in [-0.3, -0.25) is 4.79 Å². The van der Waals surface area contributed by atoms with Gasteiger partial charge in [-0.15, -0.1) is 0 Å². The molecule has 1 aromatic heterocycles. The molecule has 1 saturated carbocycles. The van der Waals surface area contributed by atoms with Gasteiger partial charge in [0.15, 0.2) is 0 Å². The summed E-state index contributed by atoms with van der Waals surface area (Å²) in [6.07, 6.45) is 6.13. The van der Waals surface area contributed by atoms with Crippen molar-refractivity contribution in [2.75, 3.05) is 0 Å². The van der Waals surface area contributed by atoms with E-state index in [0.717, 1.165) is 18.6 Å². The van der Waals surface area contributed by atoms with E-state index in [4.69, 9.17) is 4.42 Å². The predicted molar refractivity (Wildman–Crippen MR) is 66.4 cm³/mol. The normalized spacial score (nSPS) is 26.5. The van der Waals surface area contributed by atoms with Crippen LogP contribution >= 0.6 is 0 Å². The van der Waals surface area contributed by atoms with E-state index in [9.17, 15) is 4.79 Å². The molecule has 3 atom stereocenters. The van der Waals surface area contributed by atoms with Crippen molar-refractivity contribution in [3.63, 3.8) is 0 Å². The van der Waals surface area contributed by atoms with Crippen molar-refractivity contribution in [1.82, 2.24) is 5.32 Å². The zero-order valence-electron chi connectivity index (χ0n) is 10.6. The Morgan fingerprint density at radius 1 is 1.53 bits per heavy atom. The Hall–Kier alpha value is -1.25. The summed E-state index contributed by atoms with van der Waals surface area (Å²) < 4.78 is 5.29. The Labute approximate surface area is 103 Å². The van der Waals surface area contributed by atoms with Crippen molar-refractivity contribution >= 4 is 5.91 Å². The van der Waals surface area contributed by atoms with Gasteiger partial charge >= 0.3 is 0 Å². The maximum Gasteiger partial charge on any atom is 0.223 e. The molecule has 1 unspecified atom stereocenters. The molecule has 3 nitrogen and oxygen atoms in total.